The molecule has 1 heterocycles. The van der Waals surface area contributed by atoms with Gasteiger partial charge in [-0.05, 0) is 19.9 Å². The minimum Gasteiger partial charge on any atom is -0.496 e. The van der Waals surface area contributed by atoms with Gasteiger partial charge in [0, 0.05) is 17.4 Å². The number of thioether (sulfide) groups is 1. The lowest BCUT2D eigenvalue weighted by atomic mass is 10.2. The monoisotopic (exact) mass is 278 g/mol. The van der Waals surface area contributed by atoms with Crippen LogP contribution in [0.15, 0.2) is 29.4 Å². The molecule has 0 spiro atoms. The van der Waals surface area contributed by atoms with Crippen molar-refractivity contribution in [1.29, 1.82) is 0 Å². The molecule has 6 heteroatoms. The van der Waals surface area contributed by atoms with Crippen LogP contribution in [0.1, 0.15) is 25.5 Å². The highest BCUT2D eigenvalue weighted by Crippen LogP contribution is 2.29. The number of nitrogen functional groups attached to an aromatic ring is 1. The van der Waals surface area contributed by atoms with Crippen molar-refractivity contribution >= 4 is 17.7 Å². The molecule has 0 atom stereocenters. The number of para-hydroxylation sites is 1. The smallest absolute Gasteiger partial charge is 0.222 e. The zero-order valence-corrected chi connectivity index (χ0v) is 12.1. The summed E-state index contributed by atoms with van der Waals surface area (Å²) in [5.41, 5.74) is 6.95. The molecule has 102 valence electrons. The topological polar surface area (TPSA) is 66.0 Å². The summed E-state index contributed by atoms with van der Waals surface area (Å²) in [6.45, 7) is 4.12. The van der Waals surface area contributed by atoms with Crippen LogP contribution >= 0.6 is 11.8 Å². The number of anilines is 1. The van der Waals surface area contributed by atoms with Crippen LogP contribution in [0.3, 0.4) is 0 Å². The van der Waals surface area contributed by atoms with Gasteiger partial charge in [-0.3, -0.25) is 4.57 Å². The van der Waals surface area contributed by atoms with Crippen LogP contribution in [-0.4, -0.2) is 21.9 Å². The summed E-state index contributed by atoms with van der Waals surface area (Å²) >= 11 is 1.61. The van der Waals surface area contributed by atoms with E-state index < -0.39 is 0 Å². The number of hydrogen-bond donors (Lipinski definition) is 1. The van der Waals surface area contributed by atoms with Crippen molar-refractivity contribution in [3.8, 4) is 5.75 Å². The molecule has 19 heavy (non-hydrogen) atoms. The molecule has 0 amide bonds. The fraction of sp³-hybridized carbons (Fsp3) is 0.385. The quantitative estimate of drug-likeness (QED) is 0.852. The predicted octanol–water partition coefficient (Wildman–Crippen LogP) is 2.74. The number of rotatable bonds is 5. The Morgan fingerprint density at radius 3 is 2.74 bits per heavy atom. The molecular formula is C13H18N4OS. The van der Waals surface area contributed by atoms with Gasteiger partial charge in [-0.15, -0.1) is 10.2 Å². The highest BCUT2D eigenvalue weighted by Gasteiger charge is 2.13. The molecule has 1 aromatic carbocycles. The van der Waals surface area contributed by atoms with Gasteiger partial charge in [-0.1, -0.05) is 30.0 Å². The van der Waals surface area contributed by atoms with E-state index in [0.717, 1.165) is 22.2 Å². The maximum Gasteiger partial charge on any atom is 0.222 e. The molecule has 5 nitrogen and oxygen atoms in total. The molecule has 0 aliphatic carbocycles. The van der Waals surface area contributed by atoms with Crippen molar-refractivity contribution in [1.82, 2.24) is 14.8 Å². The van der Waals surface area contributed by atoms with Crippen molar-refractivity contribution in [2.75, 3.05) is 12.8 Å². The van der Waals surface area contributed by atoms with Crippen LogP contribution in [0.5, 0.6) is 5.75 Å². The largest absolute Gasteiger partial charge is 0.496 e. The van der Waals surface area contributed by atoms with Crippen LogP contribution in [0.2, 0.25) is 0 Å². The summed E-state index contributed by atoms with van der Waals surface area (Å²) in [6, 6.07) is 8.21. The lowest BCUT2D eigenvalue weighted by Gasteiger charge is -2.12. The van der Waals surface area contributed by atoms with E-state index in [1.54, 1.807) is 18.9 Å². The van der Waals surface area contributed by atoms with Gasteiger partial charge < -0.3 is 10.5 Å². The Hall–Kier alpha value is -1.69. The standard InChI is InChI=1S/C13H18N4OS/c1-9(2)17-12(14)15-16-13(17)19-8-10-6-4-5-7-11(10)18-3/h4-7,9H,8H2,1-3H3,(H2,14,15). The Morgan fingerprint density at radius 1 is 1.32 bits per heavy atom. The summed E-state index contributed by atoms with van der Waals surface area (Å²) in [5.74, 6) is 2.12. The minimum absolute atomic E-state index is 0.246. The van der Waals surface area contributed by atoms with Gasteiger partial charge >= 0.3 is 0 Å². The van der Waals surface area contributed by atoms with Gasteiger partial charge in [0.05, 0.1) is 7.11 Å². The van der Waals surface area contributed by atoms with Crippen molar-refractivity contribution < 1.29 is 4.74 Å². The lowest BCUT2D eigenvalue weighted by Crippen LogP contribution is -2.07. The van der Waals surface area contributed by atoms with E-state index >= 15 is 0 Å². The normalized spacial score (nSPS) is 10.9. The second kappa shape index (κ2) is 5.97. The van der Waals surface area contributed by atoms with Crippen LogP contribution < -0.4 is 10.5 Å². The second-order valence-corrected chi connectivity index (χ2v) is 5.35. The van der Waals surface area contributed by atoms with E-state index in [9.17, 15) is 0 Å². The molecule has 1 aromatic heterocycles. The molecule has 2 N–H and O–H groups in total. The Bertz CT molecular complexity index is 553. The number of benzene rings is 1. The molecule has 0 saturated heterocycles. The number of hydrogen-bond acceptors (Lipinski definition) is 5. The predicted molar refractivity (Wildman–Crippen MR) is 77.4 cm³/mol. The molecule has 0 saturated carbocycles. The van der Waals surface area contributed by atoms with Crippen LogP contribution in [0, 0.1) is 0 Å². The van der Waals surface area contributed by atoms with Crippen molar-refractivity contribution in [3.63, 3.8) is 0 Å². The Morgan fingerprint density at radius 2 is 2.05 bits per heavy atom. The number of methoxy groups -OCH3 is 1. The van der Waals surface area contributed by atoms with Gasteiger partial charge in [0.25, 0.3) is 0 Å². The van der Waals surface area contributed by atoms with Crippen molar-refractivity contribution in [2.24, 2.45) is 0 Å². The van der Waals surface area contributed by atoms with E-state index in [1.807, 2.05) is 28.8 Å². The molecule has 2 aromatic rings. The fourth-order valence-electron chi connectivity index (χ4n) is 1.84. The molecule has 0 bridgehead atoms. The molecular weight excluding hydrogens is 260 g/mol. The molecule has 2 rings (SSSR count). The summed E-state index contributed by atoms with van der Waals surface area (Å²) in [5, 5.41) is 8.88. The first-order valence-corrected chi connectivity index (χ1v) is 7.07. The average Bonchev–Trinajstić information content (AvgIpc) is 2.78. The lowest BCUT2D eigenvalue weighted by molar-refractivity contribution is 0.411. The zero-order valence-electron chi connectivity index (χ0n) is 11.3. The van der Waals surface area contributed by atoms with Crippen LogP contribution in [0.4, 0.5) is 5.95 Å². The molecule has 0 aliphatic rings. The molecule has 0 unspecified atom stereocenters. The van der Waals surface area contributed by atoms with E-state index in [4.69, 9.17) is 10.5 Å². The van der Waals surface area contributed by atoms with E-state index in [-0.39, 0.29) is 6.04 Å². The Kier molecular flexibility index (Phi) is 4.31. The molecule has 0 radical (unpaired) electrons. The first-order valence-electron chi connectivity index (χ1n) is 6.08. The van der Waals surface area contributed by atoms with Crippen molar-refractivity contribution in [2.45, 2.75) is 30.8 Å². The highest BCUT2D eigenvalue weighted by molar-refractivity contribution is 7.98. The minimum atomic E-state index is 0.246. The summed E-state index contributed by atoms with van der Waals surface area (Å²) in [6.07, 6.45) is 0. The van der Waals surface area contributed by atoms with Gasteiger partial charge in [-0.2, -0.15) is 0 Å². The average molecular weight is 278 g/mol. The molecule has 0 fully saturated rings. The van der Waals surface area contributed by atoms with E-state index in [1.165, 1.54) is 0 Å². The molecule has 0 aliphatic heterocycles. The Balaban J connectivity index is 2.15. The third-order valence-corrected chi connectivity index (χ3v) is 3.75. The first-order chi connectivity index (χ1) is 9.13. The zero-order chi connectivity index (χ0) is 13.8. The summed E-state index contributed by atoms with van der Waals surface area (Å²) < 4.78 is 7.27. The SMILES string of the molecule is COc1ccccc1CSc1nnc(N)n1C(C)C. The first kappa shape index (κ1) is 13.7. The summed E-state index contributed by atoms with van der Waals surface area (Å²) in [4.78, 5) is 0. The van der Waals surface area contributed by atoms with Gasteiger partial charge in [0.2, 0.25) is 5.95 Å². The Labute approximate surface area is 117 Å². The van der Waals surface area contributed by atoms with Gasteiger partial charge in [0.15, 0.2) is 5.16 Å². The van der Waals surface area contributed by atoms with Crippen LogP contribution in [-0.2, 0) is 5.75 Å². The maximum absolute atomic E-state index is 5.82. The number of ether oxygens (including phenoxy) is 1. The fourth-order valence-corrected chi connectivity index (χ4v) is 2.90. The number of nitrogens with two attached hydrogens (primary N) is 1. The van der Waals surface area contributed by atoms with Gasteiger partial charge in [0.1, 0.15) is 5.75 Å². The van der Waals surface area contributed by atoms with Gasteiger partial charge in [-0.25, -0.2) is 0 Å². The third kappa shape index (κ3) is 3.01. The van der Waals surface area contributed by atoms with E-state index in [0.29, 0.717) is 5.95 Å². The maximum atomic E-state index is 5.82. The third-order valence-electron chi connectivity index (χ3n) is 2.76. The van der Waals surface area contributed by atoms with Crippen LogP contribution in [0.25, 0.3) is 0 Å². The summed E-state index contributed by atoms with van der Waals surface area (Å²) in [7, 11) is 1.68. The second-order valence-electron chi connectivity index (χ2n) is 4.41. The highest BCUT2D eigenvalue weighted by atomic mass is 32.2. The number of nitrogens with zero attached hydrogens (tertiary/aromatic N) is 3. The van der Waals surface area contributed by atoms with Crippen molar-refractivity contribution in [3.05, 3.63) is 29.8 Å². The number of aromatic nitrogens is 3. The van der Waals surface area contributed by atoms with E-state index in [2.05, 4.69) is 24.0 Å².